The number of ether oxygens (including phenoxy) is 2. The van der Waals surface area contributed by atoms with Crippen LogP contribution in [0.4, 0.5) is 30.6 Å². The Kier molecular flexibility index (Phi) is 5.81. The van der Waals surface area contributed by atoms with Gasteiger partial charge in [-0.05, 0) is 26.0 Å². The average Bonchev–Trinajstić information content (AvgIpc) is 2.72. The van der Waals surface area contributed by atoms with Crippen LogP contribution in [-0.4, -0.2) is 59.3 Å². The van der Waals surface area contributed by atoms with E-state index in [0.717, 1.165) is 12.3 Å². The quantitative estimate of drug-likeness (QED) is 0.670. The van der Waals surface area contributed by atoms with Gasteiger partial charge >= 0.3 is 6.18 Å². The molecule has 33 heavy (non-hydrogen) atoms. The first-order chi connectivity index (χ1) is 15.5. The van der Waals surface area contributed by atoms with E-state index in [1.165, 1.54) is 13.2 Å². The van der Waals surface area contributed by atoms with Crippen LogP contribution in [0.2, 0.25) is 0 Å². The maximum atomic E-state index is 12.6. The van der Waals surface area contributed by atoms with Gasteiger partial charge in [0.1, 0.15) is 28.8 Å². The topological polar surface area (TPSA) is 102 Å². The highest BCUT2D eigenvalue weighted by Gasteiger charge is 2.44. The van der Waals surface area contributed by atoms with Crippen molar-refractivity contribution < 1.29 is 27.4 Å². The molecule has 1 atom stereocenters. The number of pyridine rings is 1. The number of amides is 1. The lowest BCUT2D eigenvalue weighted by molar-refractivity contribution is -0.141. The minimum absolute atomic E-state index is 0.0451. The molecule has 9 nitrogen and oxygen atoms in total. The molecular weight excluding hydrogens is 441 g/mol. The molecule has 0 saturated heterocycles. The van der Waals surface area contributed by atoms with Crippen molar-refractivity contribution in [3.8, 4) is 5.75 Å². The fourth-order valence-electron chi connectivity index (χ4n) is 3.86. The van der Waals surface area contributed by atoms with Gasteiger partial charge < -0.3 is 25.0 Å². The molecule has 2 aromatic heterocycles. The first-order valence-corrected chi connectivity index (χ1v) is 10.4. The lowest BCUT2D eigenvalue weighted by atomic mass is 9.89. The summed E-state index contributed by atoms with van der Waals surface area (Å²) >= 11 is 0. The number of halogens is 3. The van der Waals surface area contributed by atoms with Crippen LogP contribution in [0, 0.1) is 6.92 Å². The molecule has 2 N–H and O–H groups in total. The van der Waals surface area contributed by atoms with Crippen LogP contribution in [-0.2, 0) is 15.7 Å². The van der Waals surface area contributed by atoms with Crippen molar-refractivity contribution >= 4 is 23.4 Å². The van der Waals surface area contributed by atoms with Crippen molar-refractivity contribution in [3.05, 3.63) is 29.7 Å². The normalized spacial score (nSPS) is 24.6. The summed E-state index contributed by atoms with van der Waals surface area (Å²) in [7, 11) is 3.33. The summed E-state index contributed by atoms with van der Waals surface area (Å²) in [6.07, 6.45) is -2.27. The zero-order chi connectivity index (χ0) is 24.0. The second-order valence-corrected chi connectivity index (χ2v) is 8.48. The summed E-state index contributed by atoms with van der Waals surface area (Å²) in [5.74, 6) is 1.12. The Labute approximate surface area is 188 Å². The molecule has 12 heteroatoms. The second-order valence-electron chi connectivity index (χ2n) is 8.48. The second kappa shape index (κ2) is 8.32. The highest BCUT2D eigenvalue weighted by Crippen LogP contribution is 2.37. The highest BCUT2D eigenvalue weighted by atomic mass is 19.4. The number of carbonyl (C=O) groups excluding carboxylic acids is 1. The average molecular weight is 466 g/mol. The van der Waals surface area contributed by atoms with Crippen LogP contribution in [0.3, 0.4) is 0 Å². The van der Waals surface area contributed by atoms with E-state index in [1.807, 2.05) is 0 Å². The third kappa shape index (κ3) is 4.39. The van der Waals surface area contributed by atoms with Crippen LogP contribution in [0.1, 0.15) is 31.2 Å². The summed E-state index contributed by atoms with van der Waals surface area (Å²) in [5.41, 5.74) is -0.674. The molecule has 3 heterocycles. The van der Waals surface area contributed by atoms with Crippen LogP contribution >= 0.6 is 0 Å². The number of fused-ring (bicyclic) bond motifs is 1. The summed E-state index contributed by atoms with van der Waals surface area (Å²) in [6.45, 7) is 3.77. The molecule has 0 bridgehead atoms. The maximum Gasteiger partial charge on any atom is 0.433 e. The molecule has 2 aliphatic rings. The number of methoxy groups -OCH3 is 1. The fraction of sp³-hybridized carbons (Fsp3) is 0.524. The molecule has 2 aromatic rings. The zero-order valence-electron chi connectivity index (χ0n) is 18.7. The van der Waals surface area contributed by atoms with E-state index in [9.17, 15) is 18.0 Å². The number of rotatable bonds is 6. The molecule has 1 aliphatic carbocycles. The van der Waals surface area contributed by atoms with Gasteiger partial charge in [-0.15, -0.1) is 0 Å². The van der Waals surface area contributed by atoms with Crippen molar-refractivity contribution in [2.45, 2.75) is 50.6 Å². The molecule has 0 spiro atoms. The van der Waals surface area contributed by atoms with Crippen molar-refractivity contribution in [3.63, 3.8) is 0 Å². The largest absolute Gasteiger partial charge is 0.489 e. The third-order valence-corrected chi connectivity index (χ3v) is 6.04. The van der Waals surface area contributed by atoms with Gasteiger partial charge in [-0.1, -0.05) is 0 Å². The van der Waals surface area contributed by atoms with Crippen LogP contribution < -0.4 is 20.3 Å². The third-order valence-electron chi connectivity index (χ3n) is 6.04. The van der Waals surface area contributed by atoms with E-state index in [0.29, 0.717) is 41.7 Å². The maximum absolute atomic E-state index is 12.6. The van der Waals surface area contributed by atoms with Gasteiger partial charge in [0.2, 0.25) is 5.95 Å². The van der Waals surface area contributed by atoms with Crippen LogP contribution in [0.5, 0.6) is 5.75 Å². The Balaban J connectivity index is 1.39. The van der Waals surface area contributed by atoms with E-state index in [2.05, 4.69) is 25.6 Å². The Morgan fingerprint density at radius 3 is 2.64 bits per heavy atom. The molecule has 0 radical (unpaired) electrons. The van der Waals surface area contributed by atoms with Crippen molar-refractivity contribution in [1.82, 2.24) is 15.0 Å². The standard InChI is InChI=1S/C21H25F3N6O3/c1-11-16-17(30(3)20(2,10-32-4)18(31)28-16)29-19(26-11)27-12-7-14(8-12)33-13-5-6-15(25-9-13)21(22,23)24/h5-6,9,12,14H,7-8,10H2,1-4H3,(H,28,31)(H,26,27,29)/t12-,14-,20?. The number of anilines is 3. The van der Waals surface area contributed by atoms with E-state index >= 15 is 0 Å². The predicted octanol–water partition coefficient (Wildman–Crippen LogP) is 3.01. The molecule has 178 valence electrons. The van der Waals surface area contributed by atoms with Gasteiger partial charge in [-0.3, -0.25) is 4.79 Å². The molecule has 1 fully saturated rings. The Morgan fingerprint density at radius 1 is 1.30 bits per heavy atom. The van der Waals surface area contributed by atoms with E-state index in [1.54, 1.807) is 25.8 Å². The lowest BCUT2D eigenvalue weighted by Crippen LogP contribution is -2.59. The van der Waals surface area contributed by atoms with Gasteiger partial charge in [0.25, 0.3) is 5.91 Å². The number of alkyl halides is 3. The number of aryl methyl sites for hydroxylation is 1. The molecule has 1 unspecified atom stereocenters. The van der Waals surface area contributed by atoms with Gasteiger partial charge in [0, 0.05) is 33.0 Å². The summed E-state index contributed by atoms with van der Waals surface area (Å²) < 4.78 is 48.8. The lowest BCUT2D eigenvalue weighted by Gasteiger charge is -2.42. The monoisotopic (exact) mass is 466 g/mol. The van der Waals surface area contributed by atoms with E-state index in [-0.39, 0.29) is 24.7 Å². The highest BCUT2D eigenvalue weighted by molar-refractivity contribution is 6.06. The fourth-order valence-corrected chi connectivity index (χ4v) is 3.86. The van der Waals surface area contributed by atoms with Gasteiger partial charge in [0.15, 0.2) is 5.82 Å². The SMILES string of the molecule is COCC1(C)C(=O)Nc2c(C)nc(N[C@H]3C[C@H](Oc4ccc(C(F)(F)F)nc4)C3)nc2N1C. The molecule has 1 saturated carbocycles. The van der Waals surface area contributed by atoms with Crippen LogP contribution in [0.25, 0.3) is 0 Å². The summed E-state index contributed by atoms with van der Waals surface area (Å²) in [4.78, 5) is 26.9. The van der Waals surface area contributed by atoms with Gasteiger partial charge in [-0.25, -0.2) is 9.97 Å². The summed E-state index contributed by atoms with van der Waals surface area (Å²) in [5, 5.41) is 6.15. The number of hydrogen-bond acceptors (Lipinski definition) is 8. The minimum Gasteiger partial charge on any atom is -0.489 e. The molecular formula is C21H25F3N6O3. The Bertz CT molecular complexity index is 1040. The predicted molar refractivity (Wildman–Crippen MR) is 114 cm³/mol. The number of carbonyl (C=O) groups is 1. The molecule has 1 amide bonds. The zero-order valence-corrected chi connectivity index (χ0v) is 18.7. The number of hydrogen-bond donors (Lipinski definition) is 2. The van der Waals surface area contributed by atoms with Crippen molar-refractivity contribution in [1.29, 1.82) is 0 Å². The summed E-state index contributed by atoms with van der Waals surface area (Å²) in [6, 6.07) is 2.22. The van der Waals surface area contributed by atoms with Crippen LogP contribution in [0.15, 0.2) is 18.3 Å². The number of nitrogens with zero attached hydrogens (tertiary/aromatic N) is 4. The first-order valence-electron chi connectivity index (χ1n) is 10.4. The van der Waals surface area contributed by atoms with E-state index in [4.69, 9.17) is 9.47 Å². The molecule has 0 aromatic carbocycles. The Hall–Kier alpha value is -3.15. The minimum atomic E-state index is -4.48. The number of aromatic nitrogens is 3. The Morgan fingerprint density at radius 2 is 2.03 bits per heavy atom. The molecule has 4 rings (SSSR count). The smallest absolute Gasteiger partial charge is 0.433 e. The van der Waals surface area contributed by atoms with Gasteiger partial charge in [-0.2, -0.15) is 18.2 Å². The van der Waals surface area contributed by atoms with Gasteiger partial charge in [0.05, 0.1) is 18.5 Å². The van der Waals surface area contributed by atoms with Crippen molar-refractivity contribution in [2.24, 2.45) is 0 Å². The first kappa shape index (κ1) is 23.0. The molecule has 1 aliphatic heterocycles. The number of nitrogens with one attached hydrogen (secondary N) is 2. The van der Waals surface area contributed by atoms with Crippen molar-refractivity contribution in [2.75, 3.05) is 36.3 Å². The number of likely N-dealkylation sites (N-methyl/N-ethyl adjacent to an activating group) is 1. The van der Waals surface area contributed by atoms with E-state index < -0.39 is 17.4 Å².